The Balaban J connectivity index is 2.27. The topological polar surface area (TPSA) is 73.0 Å². The van der Waals surface area contributed by atoms with E-state index < -0.39 is 4.92 Å². The van der Waals surface area contributed by atoms with Crippen molar-refractivity contribution < 1.29 is 4.92 Å². The Morgan fingerprint density at radius 2 is 2.36 bits per heavy atom. The molecule has 0 aromatic carbocycles. The molecular weight excluding hydrogens is 184 g/mol. The Bertz CT molecular complexity index is 381. The number of nitro groups is 1. The molecule has 0 atom stereocenters. The van der Waals surface area contributed by atoms with Crippen molar-refractivity contribution in [3.8, 4) is 0 Å². The quantitative estimate of drug-likeness (QED) is 0.584. The van der Waals surface area contributed by atoms with E-state index in [9.17, 15) is 10.1 Å². The predicted molar refractivity (Wildman–Crippen MR) is 51.1 cm³/mol. The summed E-state index contributed by atoms with van der Waals surface area (Å²) in [6.45, 7) is 2.03. The number of nitrogens with one attached hydrogen (secondary N) is 1. The second-order valence-corrected chi connectivity index (χ2v) is 3.98. The monoisotopic (exact) mass is 196 g/mol. The fourth-order valence-corrected chi connectivity index (χ4v) is 1.30. The van der Waals surface area contributed by atoms with E-state index in [0.717, 1.165) is 12.8 Å². The van der Waals surface area contributed by atoms with Crippen LogP contribution < -0.4 is 5.32 Å². The van der Waals surface area contributed by atoms with Gasteiger partial charge in [-0.2, -0.15) is 0 Å². The lowest BCUT2D eigenvalue weighted by molar-refractivity contribution is -0.384. The molecule has 0 radical (unpaired) electrons. The number of rotatable bonds is 3. The summed E-state index contributed by atoms with van der Waals surface area (Å²) in [5.74, 6) is 0.373. The molecule has 1 aliphatic carbocycles. The van der Waals surface area contributed by atoms with Crippen molar-refractivity contribution in [3.63, 3.8) is 0 Å². The van der Waals surface area contributed by atoms with Crippen LogP contribution in [0.4, 0.5) is 11.5 Å². The fraction of sp³-hybridized carbons (Fsp3) is 0.625. The van der Waals surface area contributed by atoms with E-state index in [1.165, 1.54) is 10.9 Å². The first-order valence-corrected chi connectivity index (χ1v) is 4.46. The van der Waals surface area contributed by atoms with Gasteiger partial charge in [-0.05, 0) is 19.8 Å². The smallest absolute Gasteiger partial charge is 0.330 e. The van der Waals surface area contributed by atoms with Gasteiger partial charge in [-0.1, -0.05) is 0 Å². The molecule has 6 heteroatoms. The maximum atomic E-state index is 10.7. The standard InChI is InChI=1S/C8H12N4O2/c1-8(3-4-8)9-7-6(12(13)14)5-11(2)10-7/h5H,3-4H2,1-2H3,(H,9,10). The maximum Gasteiger partial charge on any atom is 0.330 e. The van der Waals surface area contributed by atoms with Crippen molar-refractivity contribution in [2.75, 3.05) is 5.32 Å². The molecule has 0 spiro atoms. The number of hydrogen-bond acceptors (Lipinski definition) is 4. The molecule has 0 amide bonds. The molecule has 1 aromatic heterocycles. The average molecular weight is 196 g/mol. The Morgan fingerprint density at radius 3 is 2.86 bits per heavy atom. The van der Waals surface area contributed by atoms with Crippen LogP contribution in [0.25, 0.3) is 0 Å². The van der Waals surface area contributed by atoms with Gasteiger partial charge in [0.15, 0.2) is 0 Å². The lowest BCUT2D eigenvalue weighted by Gasteiger charge is -2.08. The van der Waals surface area contributed by atoms with Gasteiger partial charge in [0, 0.05) is 12.6 Å². The molecule has 1 aliphatic rings. The van der Waals surface area contributed by atoms with Crippen LogP contribution in [0.1, 0.15) is 19.8 Å². The maximum absolute atomic E-state index is 10.7. The summed E-state index contributed by atoms with van der Waals surface area (Å²) >= 11 is 0. The summed E-state index contributed by atoms with van der Waals surface area (Å²) in [5, 5.41) is 17.8. The van der Waals surface area contributed by atoms with Gasteiger partial charge in [0.1, 0.15) is 6.20 Å². The van der Waals surface area contributed by atoms with Gasteiger partial charge >= 0.3 is 5.69 Å². The Labute approximate surface area is 81.1 Å². The first kappa shape index (κ1) is 8.98. The number of aromatic nitrogens is 2. The highest BCUT2D eigenvalue weighted by atomic mass is 16.6. The van der Waals surface area contributed by atoms with E-state index in [1.54, 1.807) is 7.05 Å². The van der Waals surface area contributed by atoms with Crippen molar-refractivity contribution in [2.24, 2.45) is 7.05 Å². The number of nitrogens with zero attached hydrogens (tertiary/aromatic N) is 3. The molecule has 0 aliphatic heterocycles. The molecule has 1 saturated carbocycles. The minimum atomic E-state index is -0.416. The molecule has 0 unspecified atom stereocenters. The van der Waals surface area contributed by atoms with Gasteiger partial charge in [0.2, 0.25) is 5.82 Å². The van der Waals surface area contributed by atoms with E-state index in [2.05, 4.69) is 10.4 Å². The van der Waals surface area contributed by atoms with E-state index >= 15 is 0 Å². The Kier molecular flexibility index (Phi) is 1.73. The van der Waals surface area contributed by atoms with Crippen molar-refractivity contribution in [1.82, 2.24) is 9.78 Å². The molecule has 1 aromatic rings. The number of hydrogen-bond donors (Lipinski definition) is 1. The van der Waals surface area contributed by atoms with Crippen LogP contribution in [0, 0.1) is 10.1 Å². The number of anilines is 1. The Hall–Kier alpha value is -1.59. The van der Waals surface area contributed by atoms with Crippen molar-refractivity contribution in [1.29, 1.82) is 0 Å². The van der Waals surface area contributed by atoms with Crippen LogP contribution in [-0.2, 0) is 7.05 Å². The second-order valence-electron chi connectivity index (χ2n) is 3.98. The van der Waals surface area contributed by atoms with E-state index in [4.69, 9.17) is 0 Å². The third-order valence-corrected chi connectivity index (χ3v) is 2.43. The first-order chi connectivity index (χ1) is 6.50. The molecule has 1 N–H and O–H groups in total. The van der Waals surface area contributed by atoms with Crippen molar-refractivity contribution in [2.45, 2.75) is 25.3 Å². The highest BCUT2D eigenvalue weighted by Crippen LogP contribution is 2.39. The Morgan fingerprint density at radius 1 is 1.71 bits per heavy atom. The van der Waals surface area contributed by atoms with Gasteiger partial charge in [0.25, 0.3) is 0 Å². The first-order valence-electron chi connectivity index (χ1n) is 4.46. The lowest BCUT2D eigenvalue weighted by atomic mass is 10.3. The highest BCUT2D eigenvalue weighted by molar-refractivity contribution is 5.56. The molecule has 1 heterocycles. The van der Waals surface area contributed by atoms with Gasteiger partial charge in [-0.25, -0.2) is 0 Å². The van der Waals surface area contributed by atoms with Gasteiger partial charge in [-0.3, -0.25) is 14.8 Å². The van der Waals surface area contributed by atoms with Crippen LogP contribution >= 0.6 is 0 Å². The van der Waals surface area contributed by atoms with Crippen LogP contribution in [-0.4, -0.2) is 20.2 Å². The summed E-state index contributed by atoms with van der Waals surface area (Å²) < 4.78 is 1.45. The summed E-state index contributed by atoms with van der Waals surface area (Å²) in [4.78, 5) is 10.2. The van der Waals surface area contributed by atoms with Crippen LogP contribution in [0.5, 0.6) is 0 Å². The molecule has 0 bridgehead atoms. The van der Waals surface area contributed by atoms with E-state index in [1.807, 2.05) is 6.92 Å². The summed E-state index contributed by atoms with van der Waals surface area (Å²) in [6, 6.07) is 0. The van der Waals surface area contributed by atoms with Crippen LogP contribution in [0.2, 0.25) is 0 Å². The predicted octanol–water partition coefficient (Wildman–Crippen LogP) is 1.29. The minimum absolute atomic E-state index is 0.0130. The largest absolute Gasteiger partial charge is 0.358 e. The van der Waals surface area contributed by atoms with Gasteiger partial charge in [-0.15, -0.1) is 5.10 Å². The summed E-state index contributed by atoms with van der Waals surface area (Å²) in [6.07, 6.45) is 3.50. The van der Waals surface area contributed by atoms with Gasteiger partial charge in [0.05, 0.1) is 4.92 Å². The molecule has 2 rings (SSSR count). The van der Waals surface area contributed by atoms with Gasteiger partial charge < -0.3 is 5.32 Å². The number of aryl methyl sites for hydroxylation is 1. The van der Waals surface area contributed by atoms with Crippen LogP contribution in [0.3, 0.4) is 0 Å². The molecule has 76 valence electrons. The zero-order valence-electron chi connectivity index (χ0n) is 8.15. The highest BCUT2D eigenvalue weighted by Gasteiger charge is 2.39. The summed E-state index contributed by atoms with van der Waals surface area (Å²) in [5.41, 5.74) is 0.0553. The zero-order chi connectivity index (χ0) is 10.3. The average Bonchev–Trinajstić information content (AvgIpc) is 2.66. The lowest BCUT2D eigenvalue weighted by Crippen LogP contribution is -2.17. The second kappa shape index (κ2) is 2.70. The minimum Gasteiger partial charge on any atom is -0.358 e. The molecule has 6 nitrogen and oxygen atoms in total. The van der Waals surface area contributed by atoms with Crippen molar-refractivity contribution in [3.05, 3.63) is 16.3 Å². The van der Waals surface area contributed by atoms with E-state index in [0.29, 0.717) is 5.82 Å². The molecule has 1 fully saturated rings. The molecule has 0 saturated heterocycles. The van der Waals surface area contributed by atoms with E-state index in [-0.39, 0.29) is 11.2 Å². The van der Waals surface area contributed by atoms with Crippen LogP contribution in [0.15, 0.2) is 6.20 Å². The summed E-state index contributed by atoms with van der Waals surface area (Å²) in [7, 11) is 1.67. The normalized spacial score (nSPS) is 17.9. The third-order valence-electron chi connectivity index (χ3n) is 2.43. The fourth-order valence-electron chi connectivity index (χ4n) is 1.30. The molecular formula is C8H12N4O2. The SMILES string of the molecule is Cn1cc([N+](=O)[O-])c(NC2(C)CC2)n1. The van der Waals surface area contributed by atoms with Crippen molar-refractivity contribution >= 4 is 11.5 Å². The molecule has 14 heavy (non-hydrogen) atoms. The third kappa shape index (κ3) is 1.55. The zero-order valence-corrected chi connectivity index (χ0v) is 8.15.